The van der Waals surface area contributed by atoms with Crippen LogP contribution in [0.15, 0.2) is 48.0 Å². The lowest BCUT2D eigenvalue weighted by atomic mass is 10.1. The van der Waals surface area contributed by atoms with Gasteiger partial charge in [0.15, 0.2) is 5.96 Å². The highest BCUT2D eigenvalue weighted by atomic mass is 127. The van der Waals surface area contributed by atoms with E-state index in [0.717, 1.165) is 11.1 Å². The van der Waals surface area contributed by atoms with Crippen molar-refractivity contribution >= 4 is 29.9 Å². The second-order valence-corrected chi connectivity index (χ2v) is 5.54. The zero-order valence-electron chi connectivity index (χ0n) is 14.5. The highest BCUT2D eigenvalue weighted by Crippen LogP contribution is 2.18. The number of nitrogens with one attached hydrogen (secondary N) is 2. The van der Waals surface area contributed by atoms with Gasteiger partial charge in [0.25, 0.3) is 0 Å². The number of hydrogen-bond donors (Lipinski definition) is 2. The SMILES string of the molecule is CCNC(=NCc1cccc(Cn2ccnc2)c1)NCCC(F)(F)F.I. The van der Waals surface area contributed by atoms with Gasteiger partial charge in [-0.15, -0.1) is 24.0 Å². The Balaban J connectivity index is 0.00000338. The average molecular weight is 481 g/mol. The molecular weight excluding hydrogens is 458 g/mol. The quantitative estimate of drug-likeness (QED) is 0.362. The fourth-order valence-electron chi connectivity index (χ4n) is 2.25. The Labute approximate surface area is 168 Å². The van der Waals surface area contributed by atoms with Gasteiger partial charge in [-0.1, -0.05) is 24.3 Å². The molecule has 144 valence electrons. The molecule has 0 aliphatic rings. The first-order valence-corrected chi connectivity index (χ1v) is 8.09. The number of imidazole rings is 1. The highest BCUT2D eigenvalue weighted by Gasteiger charge is 2.26. The third-order valence-corrected chi connectivity index (χ3v) is 3.38. The van der Waals surface area contributed by atoms with Crippen LogP contribution in [-0.2, 0) is 13.1 Å². The van der Waals surface area contributed by atoms with Crippen LogP contribution in [0.4, 0.5) is 13.2 Å². The predicted molar refractivity (Wildman–Crippen MR) is 107 cm³/mol. The van der Waals surface area contributed by atoms with Gasteiger partial charge in [0.05, 0.1) is 19.3 Å². The largest absolute Gasteiger partial charge is 0.390 e. The van der Waals surface area contributed by atoms with Crippen LogP contribution in [0.5, 0.6) is 0 Å². The maximum Gasteiger partial charge on any atom is 0.390 e. The molecule has 0 amide bonds. The lowest BCUT2D eigenvalue weighted by Crippen LogP contribution is -2.38. The first-order valence-electron chi connectivity index (χ1n) is 8.09. The molecule has 0 saturated carbocycles. The van der Waals surface area contributed by atoms with Gasteiger partial charge in [-0.25, -0.2) is 9.98 Å². The summed E-state index contributed by atoms with van der Waals surface area (Å²) in [6, 6.07) is 7.93. The van der Waals surface area contributed by atoms with Gasteiger partial charge in [0.1, 0.15) is 0 Å². The van der Waals surface area contributed by atoms with E-state index in [-0.39, 0.29) is 30.5 Å². The van der Waals surface area contributed by atoms with Gasteiger partial charge >= 0.3 is 6.18 Å². The zero-order valence-corrected chi connectivity index (χ0v) is 16.8. The van der Waals surface area contributed by atoms with E-state index in [1.807, 2.05) is 42.0 Å². The summed E-state index contributed by atoms with van der Waals surface area (Å²) in [5, 5.41) is 5.65. The Morgan fingerprint density at radius 3 is 2.65 bits per heavy atom. The molecule has 1 heterocycles. The van der Waals surface area contributed by atoms with Crippen LogP contribution in [-0.4, -0.2) is 34.8 Å². The number of guanidine groups is 1. The maximum atomic E-state index is 12.2. The van der Waals surface area contributed by atoms with E-state index in [1.54, 1.807) is 12.5 Å². The highest BCUT2D eigenvalue weighted by molar-refractivity contribution is 14.0. The van der Waals surface area contributed by atoms with E-state index in [4.69, 9.17) is 0 Å². The van der Waals surface area contributed by atoms with Crippen LogP contribution < -0.4 is 10.6 Å². The molecule has 0 spiro atoms. The van der Waals surface area contributed by atoms with Crippen LogP contribution in [0, 0.1) is 0 Å². The molecule has 1 aromatic heterocycles. The molecule has 0 saturated heterocycles. The minimum absolute atomic E-state index is 0. The molecule has 5 nitrogen and oxygen atoms in total. The maximum absolute atomic E-state index is 12.2. The van der Waals surface area contributed by atoms with E-state index in [2.05, 4.69) is 20.6 Å². The van der Waals surface area contributed by atoms with Crippen molar-refractivity contribution < 1.29 is 13.2 Å². The van der Waals surface area contributed by atoms with Crippen molar-refractivity contribution in [3.63, 3.8) is 0 Å². The van der Waals surface area contributed by atoms with E-state index >= 15 is 0 Å². The second kappa shape index (κ2) is 11.0. The Morgan fingerprint density at radius 1 is 1.23 bits per heavy atom. The van der Waals surface area contributed by atoms with Crippen LogP contribution in [0.25, 0.3) is 0 Å². The Bertz CT molecular complexity index is 671. The van der Waals surface area contributed by atoms with Gasteiger partial charge in [0, 0.05) is 32.0 Å². The summed E-state index contributed by atoms with van der Waals surface area (Å²) >= 11 is 0. The summed E-state index contributed by atoms with van der Waals surface area (Å²) < 4.78 is 38.7. The van der Waals surface area contributed by atoms with Crippen molar-refractivity contribution in [2.45, 2.75) is 32.6 Å². The lowest BCUT2D eigenvalue weighted by molar-refractivity contribution is -0.132. The van der Waals surface area contributed by atoms with Gasteiger partial charge in [-0.3, -0.25) is 0 Å². The summed E-state index contributed by atoms with van der Waals surface area (Å²) in [4.78, 5) is 8.36. The van der Waals surface area contributed by atoms with Crippen molar-refractivity contribution in [2.75, 3.05) is 13.1 Å². The zero-order chi connectivity index (χ0) is 18.1. The van der Waals surface area contributed by atoms with Crippen molar-refractivity contribution in [2.24, 2.45) is 4.99 Å². The summed E-state index contributed by atoms with van der Waals surface area (Å²) in [5.74, 6) is 0.381. The Kier molecular flexibility index (Phi) is 9.46. The van der Waals surface area contributed by atoms with E-state index < -0.39 is 12.6 Å². The molecule has 2 N–H and O–H groups in total. The number of benzene rings is 1. The van der Waals surface area contributed by atoms with Crippen LogP contribution in [0.3, 0.4) is 0 Å². The molecule has 2 aromatic rings. The number of hydrogen-bond acceptors (Lipinski definition) is 2. The smallest absolute Gasteiger partial charge is 0.357 e. The van der Waals surface area contributed by atoms with Crippen LogP contribution >= 0.6 is 24.0 Å². The summed E-state index contributed by atoms with van der Waals surface area (Å²) in [5.41, 5.74) is 2.10. The molecular formula is C17H23F3IN5. The Hall–Kier alpha value is -1.78. The van der Waals surface area contributed by atoms with Gasteiger partial charge in [-0.05, 0) is 18.1 Å². The monoisotopic (exact) mass is 481 g/mol. The number of halogens is 4. The normalized spacial score (nSPS) is 11.8. The third kappa shape index (κ3) is 8.54. The molecule has 0 unspecified atom stereocenters. The average Bonchev–Trinajstić information content (AvgIpc) is 3.05. The topological polar surface area (TPSA) is 54.2 Å². The van der Waals surface area contributed by atoms with Crippen LogP contribution in [0.2, 0.25) is 0 Å². The van der Waals surface area contributed by atoms with Crippen molar-refractivity contribution in [1.82, 2.24) is 20.2 Å². The molecule has 0 aliphatic carbocycles. The van der Waals surface area contributed by atoms with E-state index in [0.29, 0.717) is 25.6 Å². The minimum atomic E-state index is -4.17. The van der Waals surface area contributed by atoms with Crippen LogP contribution in [0.1, 0.15) is 24.5 Å². The van der Waals surface area contributed by atoms with Crippen molar-refractivity contribution in [3.8, 4) is 0 Å². The molecule has 0 radical (unpaired) electrons. The number of nitrogens with zero attached hydrogens (tertiary/aromatic N) is 3. The molecule has 1 aromatic carbocycles. The molecule has 2 rings (SSSR count). The second-order valence-electron chi connectivity index (χ2n) is 5.54. The molecule has 0 bridgehead atoms. The first kappa shape index (κ1) is 22.3. The van der Waals surface area contributed by atoms with Crippen molar-refractivity contribution in [1.29, 1.82) is 0 Å². The first-order chi connectivity index (χ1) is 12.0. The fourth-order valence-corrected chi connectivity index (χ4v) is 2.25. The molecule has 26 heavy (non-hydrogen) atoms. The van der Waals surface area contributed by atoms with Gasteiger partial charge < -0.3 is 15.2 Å². The Morgan fingerprint density at radius 2 is 2.00 bits per heavy atom. The van der Waals surface area contributed by atoms with Crippen molar-refractivity contribution in [3.05, 3.63) is 54.1 Å². The number of rotatable bonds is 7. The number of aliphatic imine (C=N–C) groups is 1. The number of alkyl halides is 3. The summed E-state index contributed by atoms with van der Waals surface area (Å²) in [6.07, 6.45) is 0.296. The third-order valence-electron chi connectivity index (χ3n) is 3.38. The van der Waals surface area contributed by atoms with E-state index in [1.165, 1.54) is 0 Å². The number of aromatic nitrogens is 2. The standard InChI is InChI=1S/C17H22F3N5.HI/c1-2-22-16(23-7-6-17(18,19)20)24-11-14-4-3-5-15(10-14)12-25-9-8-21-13-25;/h3-5,8-10,13H,2,6-7,11-12H2,1H3,(H2,22,23,24);1H. The molecule has 9 heteroatoms. The molecule has 0 atom stereocenters. The molecule has 0 aliphatic heterocycles. The van der Waals surface area contributed by atoms with Gasteiger partial charge in [0.2, 0.25) is 0 Å². The fraction of sp³-hybridized carbons (Fsp3) is 0.412. The summed E-state index contributed by atoms with van der Waals surface area (Å²) in [7, 11) is 0. The summed E-state index contributed by atoms with van der Waals surface area (Å²) in [6.45, 7) is 3.35. The lowest BCUT2D eigenvalue weighted by Gasteiger charge is -2.12. The van der Waals surface area contributed by atoms with E-state index in [9.17, 15) is 13.2 Å². The minimum Gasteiger partial charge on any atom is -0.357 e. The predicted octanol–water partition coefficient (Wildman–Crippen LogP) is 3.56. The molecule has 0 fully saturated rings. The van der Waals surface area contributed by atoms with Gasteiger partial charge in [-0.2, -0.15) is 13.2 Å².